The zero-order chi connectivity index (χ0) is 24.7. The Bertz CT molecular complexity index is 1320. The van der Waals surface area contributed by atoms with Crippen LogP contribution in [-0.2, 0) is 10.2 Å². The third-order valence-corrected chi connectivity index (χ3v) is 6.52. The Morgan fingerprint density at radius 3 is 2.66 bits per heavy atom. The Morgan fingerprint density at radius 2 is 2.00 bits per heavy atom. The minimum Gasteiger partial charge on any atom is -0.472 e. The third-order valence-electron chi connectivity index (χ3n) is 6.52. The molecule has 3 heterocycles. The minimum absolute atomic E-state index is 0.0947. The van der Waals surface area contributed by atoms with Crippen molar-refractivity contribution in [3.63, 3.8) is 0 Å². The van der Waals surface area contributed by atoms with Gasteiger partial charge in [0.2, 0.25) is 5.88 Å². The molecule has 1 aliphatic carbocycles. The molecule has 0 spiro atoms. The van der Waals surface area contributed by atoms with Crippen LogP contribution in [0, 0.1) is 24.1 Å². The van der Waals surface area contributed by atoms with Crippen molar-refractivity contribution in [3.05, 3.63) is 52.6 Å². The molecule has 2 aromatic heterocycles. The van der Waals surface area contributed by atoms with Crippen LogP contribution in [0.1, 0.15) is 61.2 Å². The van der Waals surface area contributed by atoms with Crippen LogP contribution in [0.5, 0.6) is 5.88 Å². The van der Waals surface area contributed by atoms with Crippen molar-refractivity contribution in [2.24, 2.45) is 0 Å². The molecule has 2 aliphatic rings. The lowest BCUT2D eigenvalue weighted by Crippen LogP contribution is -2.20. The van der Waals surface area contributed by atoms with Crippen molar-refractivity contribution in [2.45, 2.75) is 57.1 Å². The van der Waals surface area contributed by atoms with E-state index in [4.69, 9.17) is 9.47 Å². The summed E-state index contributed by atoms with van der Waals surface area (Å²) in [5.74, 6) is 0.206. The van der Waals surface area contributed by atoms with Gasteiger partial charge in [0.25, 0.3) is 6.43 Å². The maximum absolute atomic E-state index is 14.8. The van der Waals surface area contributed by atoms with Crippen molar-refractivity contribution in [1.82, 2.24) is 15.0 Å². The predicted molar refractivity (Wildman–Crippen MR) is 122 cm³/mol. The Morgan fingerprint density at radius 1 is 1.23 bits per heavy atom. The van der Waals surface area contributed by atoms with Gasteiger partial charge < -0.3 is 14.8 Å². The molecule has 0 bridgehead atoms. The summed E-state index contributed by atoms with van der Waals surface area (Å²) in [7, 11) is 0. The summed E-state index contributed by atoms with van der Waals surface area (Å²) in [6, 6.07) is 7.46. The molecule has 1 aliphatic heterocycles. The van der Waals surface area contributed by atoms with Gasteiger partial charge in [0.1, 0.15) is 23.6 Å². The molecule has 5 rings (SSSR count). The molecule has 7 nitrogen and oxygen atoms in total. The highest BCUT2D eigenvalue weighted by atomic mass is 19.3. The first-order chi connectivity index (χ1) is 16.8. The first-order valence-corrected chi connectivity index (χ1v) is 11.5. The number of benzene rings is 1. The summed E-state index contributed by atoms with van der Waals surface area (Å²) in [4.78, 5) is 13.6. The Labute approximate surface area is 200 Å². The number of hydrogen-bond acceptors (Lipinski definition) is 7. The van der Waals surface area contributed by atoms with E-state index in [-0.39, 0.29) is 11.7 Å². The minimum atomic E-state index is -2.92. The van der Waals surface area contributed by atoms with Crippen molar-refractivity contribution < 1.29 is 22.6 Å². The molecule has 0 amide bonds. The van der Waals surface area contributed by atoms with Gasteiger partial charge in [0.05, 0.1) is 41.7 Å². The number of nitrogens with one attached hydrogen (secondary N) is 1. The fourth-order valence-corrected chi connectivity index (χ4v) is 4.37. The number of pyridine rings is 1. The lowest BCUT2D eigenvalue weighted by molar-refractivity contribution is 0.137. The summed E-state index contributed by atoms with van der Waals surface area (Å²) in [6.45, 7) is 4.43. The van der Waals surface area contributed by atoms with Crippen LogP contribution in [0.25, 0.3) is 11.0 Å². The fourth-order valence-electron chi connectivity index (χ4n) is 4.37. The van der Waals surface area contributed by atoms with E-state index in [1.807, 2.05) is 6.07 Å². The van der Waals surface area contributed by atoms with Gasteiger partial charge in [-0.2, -0.15) is 10.2 Å². The molecule has 1 saturated heterocycles. The van der Waals surface area contributed by atoms with Gasteiger partial charge in [-0.3, -0.25) is 0 Å². The Kier molecular flexibility index (Phi) is 5.97. The average molecular weight is 483 g/mol. The molecular formula is C25H24F3N5O2. The quantitative estimate of drug-likeness (QED) is 0.487. The molecule has 35 heavy (non-hydrogen) atoms. The molecule has 1 aromatic carbocycles. The molecule has 3 aromatic rings. The van der Waals surface area contributed by atoms with E-state index >= 15 is 0 Å². The van der Waals surface area contributed by atoms with Gasteiger partial charge >= 0.3 is 0 Å². The molecule has 1 saturated carbocycles. The topological polar surface area (TPSA) is 93.0 Å². The van der Waals surface area contributed by atoms with Gasteiger partial charge in [0, 0.05) is 17.5 Å². The Balaban J connectivity index is 1.57. The molecule has 0 radical (unpaired) electrons. The van der Waals surface area contributed by atoms with E-state index in [1.165, 1.54) is 12.1 Å². The van der Waals surface area contributed by atoms with Gasteiger partial charge in [0.15, 0.2) is 5.65 Å². The van der Waals surface area contributed by atoms with Crippen LogP contribution in [-0.4, -0.2) is 34.3 Å². The van der Waals surface area contributed by atoms with Gasteiger partial charge in [-0.25, -0.2) is 23.1 Å². The number of aryl methyl sites for hydroxylation is 1. The highest BCUT2D eigenvalue weighted by Gasteiger charge is 2.48. The largest absolute Gasteiger partial charge is 0.472 e. The molecular weight excluding hydrogens is 459 g/mol. The van der Waals surface area contributed by atoms with Crippen LogP contribution >= 0.6 is 0 Å². The van der Waals surface area contributed by atoms with E-state index in [0.717, 1.165) is 12.5 Å². The highest BCUT2D eigenvalue weighted by Crippen LogP contribution is 2.51. The third kappa shape index (κ3) is 4.36. The summed E-state index contributed by atoms with van der Waals surface area (Å²) in [5.41, 5.74) is -0.223. The normalized spacial score (nSPS) is 19.5. The number of halogens is 3. The summed E-state index contributed by atoms with van der Waals surface area (Å²) < 4.78 is 52.7. The lowest BCUT2D eigenvalue weighted by atomic mass is 9.97. The smallest absolute Gasteiger partial charge is 0.266 e. The number of nitriles is 1. The molecule has 10 heteroatoms. The summed E-state index contributed by atoms with van der Waals surface area (Å²) in [6.07, 6.45) is -0.966. The second kappa shape index (κ2) is 8.96. The van der Waals surface area contributed by atoms with E-state index in [9.17, 15) is 18.4 Å². The van der Waals surface area contributed by atoms with Crippen LogP contribution in [0.3, 0.4) is 0 Å². The number of alkyl halides is 2. The number of anilines is 1. The lowest BCUT2D eigenvalue weighted by Gasteiger charge is -2.21. The van der Waals surface area contributed by atoms with Crippen LogP contribution in [0.2, 0.25) is 0 Å². The number of ether oxygens (including phenoxy) is 2. The van der Waals surface area contributed by atoms with Crippen LogP contribution < -0.4 is 10.1 Å². The predicted octanol–water partition coefficient (Wildman–Crippen LogP) is 5.31. The van der Waals surface area contributed by atoms with Crippen LogP contribution in [0.4, 0.5) is 19.0 Å². The average Bonchev–Trinajstić information content (AvgIpc) is 3.45. The van der Waals surface area contributed by atoms with E-state index in [2.05, 4.69) is 26.3 Å². The van der Waals surface area contributed by atoms with Gasteiger partial charge in [-0.1, -0.05) is 18.2 Å². The molecule has 0 unspecified atom stereocenters. The van der Waals surface area contributed by atoms with Crippen molar-refractivity contribution >= 4 is 16.9 Å². The number of aromatic nitrogens is 3. The zero-order valence-corrected chi connectivity index (χ0v) is 19.3. The standard InChI is InChI=1S/C25H24F3N5O2/c1-13(16-4-3-5-17(20(16)26)21(27)28)30-22-18-10-19(25(12-29)7-8-25)24(35-15-6-9-34-11-15)33-23(18)32-14(2)31-22/h3-5,10,13,15,21H,6-9,11H2,1-2H3,(H,30,31,32,33)/t13-,15+/m1/s1. The summed E-state index contributed by atoms with van der Waals surface area (Å²) in [5, 5.41) is 13.5. The number of fused-ring (bicyclic) bond motifs is 1. The fraction of sp³-hybridized carbons (Fsp3) is 0.440. The molecule has 182 valence electrons. The maximum atomic E-state index is 14.8. The number of rotatable bonds is 7. The highest BCUT2D eigenvalue weighted by molar-refractivity contribution is 5.88. The Hall–Kier alpha value is -3.45. The van der Waals surface area contributed by atoms with E-state index < -0.39 is 29.3 Å². The van der Waals surface area contributed by atoms with Crippen molar-refractivity contribution in [3.8, 4) is 11.9 Å². The maximum Gasteiger partial charge on any atom is 0.266 e. The first kappa shape index (κ1) is 23.3. The zero-order valence-electron chi connectivity index (χ0n) is 19.3. The summed E-state index contributed by atoms with van der Waals surface area (Å²) >= 11 is 0. The SMILES string of the molecule is Cc1nc(N[C@H](C)c2cccc(C(F)F)c2F)c2cc(C3(C#N)CC3)c(O[C@H]3CCOC3)nc2n1. The monoisotopic (exact) mass is 483 g/mol. The molecule has 2 fully saturated rings. The second-order valence-electron chi connectivity index (χ2n) is 9.05. The van der Waals surface area contributed by atoms with Crippen LogP contribution in [0.15, 0.2) is 24.3 Å². The van der Waals surface area contributed by atoms with Crippen molar-refractivity contribution in [2.75, 3.05) is 18.5 Å². The van der Waals surface area contributed by atoms with Crippen molar-refractivity contribution in [1.29, 1.82) is 5.26 Å². The molecule has 2 atom stereocenters. The van der Waals surface area contributed by atoms with Gasteiger partial charge in [-0.05, 0) is 32.8 Å². The van der Waals surface area contributed by atoms with E-state index in [0.29, 0.717) is 60.2 Å². The second-order valence-corrected chi connectivity index (χ2v) is 9.05. The molecule has 1 N–H and O–H groups in total. The van der Waals surface area contributed by atoms with Gasteiger partial charge in [-0.15, -0.1) is 0 Å². The first-order valence-electron chi connectivity index (χ1n) is 11.5. The van der Waals surface area contributed by atoms with E-state index in [1.54, 1.807) is 13.8 Å². The number of hydrogen-bond donors (Lipinski definition) is 1. The number of nitrogens with zero attached hydrogens (tertiary/aromatic N) is 4.